The minimum Gasteiger partial charge on any atom is -0.407 e. The number of rotatable bonds is 17. The fourth-order valence-corrected chi connectivity index (χ4v) is 14.9. The fraction of sp³-hybridized carbons (Fsp3) is 0.561. The first-order chi connectivity index (χ1) is 24.6. The van der Waals surface area contributed by atoms with E-state index >= 15 is 0 Å². The van der Waals surface area contributed by atoms with Crippen LogP contribution in [0, 0.1) is 12.8 Å². The van der Waals surface area contributed by atoms with Crippen LogP contribution in [0.15, 0.2) is 89.8 Å². The molecule has 1 saturated heterocycles. The Bertz CT molecular complexity index is 1560. The molecule has 0 saturated carbocycles. The van der Waals surface area contributed by atoms with Gasteiger partial charge in [-0.25, -0.2) is 0 Å². The molecule has 1 aliphatic rings. The first-order valence-corrected chi connectivity index (χ1v) is 23.9. The Hall–Kier alpha value is -1.67. The van der Waals surface area contributed by atoms with E-state index in [1.807, 2.05) is 20.8 Å². The van der Waals surface area contributed by atoms with Crippen LogP contribution < -0.4 is 10.4 Å². The molecule has 0 aliphatic carbocycles. The van der Waals surface area contributed by atoms with Crippen molar-refractivity contribution in [1.29, 1.82) is 0 Å². The molecule has 0 aromatic heterocycles. The second-order valence-corrected chi connectivity index (χ2v) is 23.5. The van der Waals surface area contributed by atoms with E-state index in [0.717, 1.165) is 36.3 Å². The molecule has 4 atom stereocenters. The number of hydrogen-bond acceptors (Lipinski definition) is 9. The Morgan fingerprint density at radius 2 is 1.54 bits per heavy atom. The van der Waals surface area contributed by atoms with E-state index in [-0.39, 0.29) is 22.5 Å². The van der Waals surface area contributed by atoms with Crippen LogP contribution in [0.5, 0.6) is 0 Å². The van der Waals surface area contributed by atoms with Crippen molar-refractivity contribution in [2.24, 2.45) is 5.92 Å². The summed E-state index contributed by atoms with van der Waals surface area (Å²) in [5, 5.41) is 14.7. The number of aliphatic hydroxyl groups is 1. The molecule has 1 fully saturated rings. The first-order valence-electron chi connectivity index (χ1n) is 18.7. The molecule has 4 rings (SSSR count). The van der Waals surface area contributed by atoms with Crippen molar-refractivity contribution in [1.82, 2.24) is 0 Å². The molecule has 3 aromatic rings. The third-order valence-corrected chi connectivity index (χ3v) is 18.8. The van der Waals surface area contributed by atoms with Gasteiger partial charge in [0.25, 0.3) is 18.4 Å². The van der Waals surface area contributed by atoms with Crippen molar-refractivity contribution in [3.8, 4) is 0 Å². The molecule has 0 bridgehead atoms. The van der Waals surface area contributed by atoms with Crippen LogP contribution in [0.3, 0.4) is 0 Å². The highest BCUT2D eigenvalue weighted by atomic mass is 32.2. The van der Waals surface area contributed by atoms with Crippen LogP contribution in [-0.4, -0.2) is 63.4 Å². The lowest BCUT2D eigenvalue weighted by molar-refractivity contribution is -0.193. The van der Waals surface area contributed by atoms with Gasteiger partial charge in [-0.3, -0.25) is 8.37 Å². The van der Waals surface area contributed by atoms with Crippen molar-refractivity contribution in [3.63, 3.8) is 0 Å². The minimum atomic E-state index is -3.84. The highest BCUT2D eigenvalue weighted by molar-refractivity contribution is 8.00. The zero-order valence-corrected chi connectivity index (χ0v) is 35.6. The topological polar surface area (TPSA) is 91.3 Å². The Kier molecular flexibility index (Phi) is 16.0. The molecule has 11 heteroatoms. The molecule has 1 heterocycles. The number of unbranched alkanes of at least 4 members (excludes halogenated alkanes) is 1. The second kappa shape index (κ2) is 19.3. The molecule has 4 unspecified atom stereocenters. The smallest absolute Gasteiger partial charge is 0.296 e. The van der Waals surface area contributed by atoms with Crippen LogP contribution >= 0.6 is 23.8 Å². The quantitative estimate of drug-likeness (QED) is 0.0624. The lowest BCUT2D eigenvalue weighted by atomic mass is 9.87. The molecule has 0 spiro atoms. The average molecular weight is 789 g/mol. The molecule has 3 aromatic carbocycles. The molecule has 7 nitrogen and oxygen atoms in total. The van der Waals surface area contributed by atoms with Gasteiger partial charge in [-0.1, -0.05) is 112 Å². The first kappa shape index (κ1) is 43.1. The van der Waals surface area contributed by atoms with Gasteiger partial charge in [0.1, 0.15) is 10.5 Å². The summed E-state index contributed by atoms with van der Waals surface area (Å²) in [4.78, 5) is -0.774. The van der Waals surface area contributed by atoms with E-state index in [1.165, 1.54) is 22.4 Å². The Balaban J connectivity index is 1.42. The lowest BCUT2D eigenvalue weighted by Crippen LogP contribution is -2.66. The highest BCUT2D eigenvalue weighted by Gasteiger charge is 2.51. The van der Waals surface area contributed by atoms with Crippen LogP contribution in [0.2, 0.25) is 5.04 Å². The maximum atomic E-state index is 12.7. The van der Waals surface area contributed by atoms with Gasteiger partial charge < -0.3 is 14.3 Å². The SMILES string of the molecule is Cc1ccc(S(=O)(=O)OCCCCC2(C(C)(O)CCCC(C)CO[Si](c3ccccc3)(c3ccccc3)C(C)(C)C)OC(C)OSCCCS2)cc1. The molecule has 1 N–H and O–H groups in total. The monoisotopic (exact) mass is 788 g/mol. The average Bonchev–Trinajstić information content (AvgIpc) is 3.19. The van der Waals surface area contributed by atoms with Gasteiger partial charge in [-0.2, -0.15) is 8.42 Å². The van der Waals surface area contributed by atoms with Crippen LogP contribution in [0.25, 0.3) is 0 Å². The van der Waals surface area contributed by atoms with E-state index in [4.69, 9.17) is 17.5 Å². The molecular formula is C41H60O7S3Si. The Morgan fingerprint density at radius 1 is 0.923 bits per heavy atom. The standard InChI is InChI=1S/C41H60O7S3Si/c1-33-23-25-36(26-24-33)51(43,44)45-29-15-14-28-41(47-35(3)48-50-31-17-30-49-41)40(7,42)27-16-18-34(2)32-46-52(39(4,5)6,37-19-10-8-11-20-37)38-21-12-9-13-22-38/h8-13,19-26,34-35,42H,14-18,27-32H2,1-7H3. The van der Waals surface area contributed by atoms with Gasteiger partial charge in [0.05, 0.1) is 11.5 Å². The molecule has 0 amide bonds. The summed E-state index contributed by atoms with van der Waals surface area (Å²) in [6, 6.07) is 28.1. The van der Waals surface area contributed by atoms with E-state index in [0.29, 0.717) is 32.3 Å². The molecule has 1 aliphatic heterocycles. The maximum absolute atomic E-state index is 12.7. The van der Waals surface area contributed by atoms with Gasteiger partial charge >= 0.3 is 0 Å². The second-order valence-electron chi connectivity index (χ2n) is 15.4. The predicted molar refractivity (Wildman–Crippen MR) is 219 cm³/mol. The Morgan fingerprint density at radius 3 is 2.13 bits per heavy atom. The van der Waals surface area contributed by atoms with E-state index in [2.05, 4.69) is 88.4 Å². The van der Waals surface area contributed by atoms with Crippen molar-refractivity contribution in [3.05, 3.63) is 90.5 Å². The molecule has 0 radical (unpaired) electrons. The molecule has 288 valence electrons. The van der Waals surface area contributed by atoms with Crippen molar-refractivity contribution < 1.29 is 31.1 Å². The van der Waals surface area contributed by atoms with E-state index < -0.39 is 35.3 Å². The minimum absolute atomic E-state index is 0.0594. The highest BCUT2D eigenvalue weighted by Crippen LogP contribution is 2.47. The van der Waals surface area contributed by atoms with Crippen LogP contribution in [0.4, 0.5) is 0 Å². The predicted octanol–water partition coefficient (Wildman–Crippen LogP) is 8.87. The molecular weight excluding hydrogens is 729 g/mol. The number of thioether (sulfide) groups is 1. The van der Waals surface area contributed by atoms with Crippen molar-refractivity contribution in [2.75, 3.05) is 24.7 Å². The summed E-state index contributed by atoms with van der Waals surface area (Å²) in [6.45, 7) is 15.5. The number of aryl methyl sites for hydroxylation is 1. The van der Waals surface area contributed by atoms with Crippen molar-refractivity contribution in [2.45, 2.75) is 120 Å². The number of hydrogen-bond donors (Lipinski definition) is 1. The van der Waals surface area contributed by atoms with Crippen LogP contribution in [-0.2, 0) is 27.6 Å². The largest absolute Gasteiger partial charge is 0.407 e. The number of benzene rings is 3. The number of ether oxygens (including phenoxy) is 1. The molecule has 52 heavy (non-hydrogen) atoms. The zero-order valence-electron chi connectivity index (χ0n) is 32.1. The van der Waals surface area contributed by atoms with Gasteiger partial charge in [0.2, 0.25) is 0 Å². The summed E-state index contributed by atoms with van der Waals surface area (Å²) in [5.41, 5.74) is -0.184. The van der Waals surface area contributed by atoms with Gasteiger partial charge in [0.15, 0.2) is 6.29 Å². The Labute approximate surface area is 323 Å². The van der Waals surface area contributed by atoms with E-state index in [9.17, 15) is 13.5 Å². The van der Waals surface area contributed by atoms with Gasteiger partial charge in [0, 0.05) is 12.4 Å². The van der Waals surface area contributed by atoms with Gasteiger partial charge in [-0.15, -0.1) is 11.8 Å². The van der Waals surface area contributed by atoms with E-state index in [1.54, 1.807) is 36.0 Å². The summed E-state index contributed by atoms with van der Waals surface area (Å²) >= 11 is 3.06. The summed E-state index contributed by atoms with van der Waals surface area (Å²) in [7, 11) is -6.48. The third kappa shape index (κ3) is 11.2. The fourth-order valence-electron chi connectivity index (χ4n) is 7.00. The summed E-state index contributed by atoms with van der Waals surface area (Å²) in [6.07, 6.45) is 4.30. The zero-order chi connectivity index (χ0) is 37.9. The lowest BCUT2D eigenvalue weighted by Gasteiger charge is -2.46. The maximum Gasteiger partial charge on any atom is 0.296 e. The van der Waals surface area contributed by atoms with Gasteiger partial charge in [-0.05, 0) is 111 Å². The third-order valence-electron chi connectivity index (χ3n) is 9.90. The van der Waals surface area contributed by atoms with Crippen molar-refractivity contribution >= 4 is 52.6 Å². The normalized spacial score (nSPS) is 21.0. The summed E-state index contributed by atoms with van der Waals surface area (Å²) < 4.78 is 50.6. The summed E-state index contributed by atoms with van der Waals surface area (Å²) in [5.74, 6) is 1.95. The van der Waals surface area contributed by atoms with Crippen LogP contribution in [0.1, 0.15) is 92.1 Å².